The van der Waals surface area contributed by atoms with E-state index in [9.17, 15) is 18.7 Å². The van der Waals surface area contributed by atoms with Crippen LogP contribution in [0.1, 0.15) is 80.9 Å². The number of hydrogen-bond acceptors (Lipinski definition) is 3. The normalized spacial score (nSPS) is 19.2. The van der Waals surface area contributed by atoms with Crippen molar-refractivity contribution in [2.24, 2.45) is 11.3 Å². The first-order chi connectivity index (χ1) is 18.7. The Hall–Kier alpha value is -3.41. The SMILES string of the molecule is CC1(C)CCCC1c1cc(COc2cccc([C@H](CC(=O)O)C3CC3)c2)ccc1-c1cccc(OC(F)F)c1. The summed E-state index contributed by atoms with van der Waals surface area (Å²) in [6.07, 6.45) is 5.65. The third kappa shape index (κ3) is 6.60. The summed E-state index contributed by atoms with van der Waals surface area (Å²) in [7, 11) is 0. The highest BCUT2D eigenvalue weighted by molar-refractivity contribution is 5.70. The molecular formula is C33H36F2O4. The largest absolute Gasteiger partial charge is 0.489 e. The molecule has 3 aromatic rings. The predicted octanol–water partition coefficient (Wildman–Crippen LogP) is 8.80. The van der Waals surface area contributed by atoms with E-state index in [4.69, 9.17) is 4.74 Å². The third-order valence-corrected chi connectivity index (χ3v) is 8.40. The Kier molecular flexibility index (Phi) is 7.92. The van der Waals surface area contributed by atoms with E-state index >= 15 is 0 Å². The molecule has 3 aromatic carbocycles. The number of benzene rings is 3. The van der Waals surface area contributed by atoms with Gasteiger partial charge in [0.15, 0.2) is 0 Å². The smallest absolute Gasteiger partial charge is 0.387 e. The van der Waals surface area contributed by atoms with Crippen LogP contribution in [0.3, 0.4) is 0 Å². The molecular weight excluding hydrogens is 498 g/mol. The molecule has 39 heavy (non-hydrogen) atoms. The van der Waals surface area contributed by atoms with Crippen molar-refractivity contribution in [1.29, 1.82) is 0 Å². The number of carboxylic acids is 1. The van der Waals surface area contributed by atoms with Crippen LogP contribution in [-0.4, -0.2) is 17.7 Å². The molecule has 2 atom stereocenters. The minimum Gasteiger partial charge on any atom is -0.489 e. The fourth-order valence-electron chi connectivity index (χ4n) is 6.24. The topological polar surface area (TPSA) is 55.8 Å². The number of ether oxygens (including phenoxy) is 2. The van der Waals surface area contributed by atoms with Gasteiger partial charge in [-0.1, -0.05) is 62.7 Å². The average Bonchev–Trinajstić information content (AvgIpc) is 3.67. The van der Waals surface area contributed by atoms with E-state index < -0.39 is 12.6 Å². The van der Waals surface area contributed by atoms with Crippen LogP contribution in [0.15, 0.2) is 66.7 Å². The van der Waals surface area contributed by atoms with Gasteiger partial charge in [0.05, 0.1) is 6.42 Å². The van der Waals surface area contributed by atoms with Crippen molar-refractivity contribution >= 4 is 5.97 Å². The van der Waals surface area contributed by atoms with Crippen LogP contribution >= 0.6 is 0 Å². The monoisotopic (exact) mass is 534 g/mol. The number of hydrogen-bond donors (Lipinski definition) is 1. The van der Waals surface area contributed by atoms with E-state index in [2.05, 4.69) is 30.7 Å². The molecule has 4 nitrogen and oxygen atoms in total. The summed E-state index contributed by atoms with van der Waals surface area (Å²) < 4.78 is 36.6. The van der Waals surface area contributed by atoms with Crippen LogP contribution in [0.4, 0.5) is 8.78 Å². The lowest BCUT2D eigenvalue weighted by Crippen LogP contribution is -2.16. The van der Waals surface area contributed by atoms with Gasteiger partial charge in [0.1, 0.15) is 18.1 Å². The molecule has 2 fully saturated rings. The van der Waals surface area contributed by atoms with Gasteiger partial charge in [-0.25, -0.2) is 0 Å². The standard InChI is InChI=1S/C33H36F2O4/c1-33(2)15-5-10-30(33)29-16-21(11-14-27(29)23-6-4-9-26(18-23)39-32(34)35)20-38-25-8-3-7-24(17-25)28(19-31(36)37)22-12-13-22/h3-4,6-9,11,14,16-18,22,28,30,32H,5,10,12-13,15,19-20H2,1-2H3,(H,36,37)/t28-,30?/m1/s1. The molecule has 0 spiro atoms. The maximum atomic E-state index is 12.9. The quantitative estimate of drug-likeness (QED) is 0.267. The van der Waals surface area contributed by atoms with Crippen molar-refractivity contribution in [1.82, 2.24) is 0 Å². The maximum absolute atomic E-state index is 12.9. The minimum atomic E-state index is -2.87. The molecule has 1 N–H and O–H groups in total. The zero-order valence-corrected chi connectivity index (χ0v) is 22.5. The molecule has 2 aliphatic rings. The van der Waals surface area contributed by atoms with Gasteiger partial charge in [-0.2, -0.15) is 8.78 Å². The number of rotatable bonds is 11. The summed E-state index contributed by atoms with van der Waals surface area (Å²) >= 11 is 0. The lowest BCUT2D eigenvalue weighted by Gasteiger charge is -2.30. The first-order valence-electron chi connectivity index (χ1n) is 13.8. The van der Waals surface area contributed by atoms with Gasteiger partial charge in [0.25, 0.3) is 0 Å². The van der Waals surface area contributed by atoms with E-state index in [1.807, 2.05) is 36.4 Å². The fourth-order valence-corrected chi connectivity index (χ4v) is 6.24. The third-order valence-electron chi connectivity index (χ3n) is 8.40. The molecule has 0 bridgehead atoms. The number of carboxylic acid groups (broad SMARTS) is 1. The lowest BCUT2D eigenvalue weighted by molar-refractivity contribution is -0.137. The molecule has 5 rings (SSSR count). The molecule has 0 aromatic heterocycles. The zero-order valence-electron chi connectivity index (χ0n) is 22.5. The minimum absolute atomic E-state index is 0.0198. The first-order valence-corrected chi connectivity index (χ1v) is 13.8. The summed E-state index contributed by atoms with van der Waals surface area (Å²) in [5.74, 6) is 0.904. The van der Waals surface area contributed by atoms with Crippen LogP contribution in [0.5, 0.6) is 11.5 Å². The molecule has 2 aliphatic carbocycles. The van der Waals surface area contributed by atoms with Gasteiger partial charge < -0.3 is 14.6 Å². The molecule has 1 unspecified atom stereocenters. The van der Waals surface area contributed by atoms with Crippen molar-refractivity contribution in [3.05, 3.63) is 83.4 Å². The van der Waals surface area contributed by atoms with E-state index in [1.165, 1.54) is 5.56 Å². The van der Waals surface area contributed by atoms with Crippen molar-refractivity contribution in [2.75, 3.05) is 0 Å². The summed E-state index contributed by atoms with van der Waals surface area (Å²) in [5, 5.41) is 9.38. The van der Waals surface area contributed by atoms with Crippen LogP contribution < -0.4 is 9.47 Å². The van der Waals surface area contributed by atoms with Crippen LogP contribution in [0.2, 0.25) is 0 Å². The molecule has 0 aliphatic heterocycles. The second-order valence-corrected chi connectivity index (χ2v) is 11.7. The molecule has 6 heteroatoms. The fraction of sp³-hybridized carbons (Fsp3) is 0.424. The highest BCUT2D eigenvalue weighted by Gasteiger charge is 2.37. The Morgan fingerprint density at radius 3 is 2.46 bits per heavy atom. The molecule has 0 radical (unpaired) electrons. The molecule has 206 valence electrons. The summed E-state index contributed by atoms with van der Waals surface area (Å²) in [6.45, 7) is 2.11. The van der Waals surface area contributed by atoms with E-state index in [1.54, 1.807) is 18.2 Å². The number of carbonyl (C=O) groups is 1. The second kappa shape index (κ2) is 11.4. The Balaban J connectivity index is 1.41. The van der Waals surface area contributed by atoms with Gasteiger partial charge >= 0.3 is 12.6 Å². The maximum Gasteiger partial charge on any atom is 0.387 e. The summed E-state index contributed by atoms with van der Waals surface area (Å²) in [6, 6.07) is 21.1. The second-order valence-electron chi connectivity index (χ2n) is 11.7. The highest BCUT2D eigenvalue weighted by atomic mass is 19.3. The van der Waals surface area contributed by atoms with Crippen molar-refractivity contribution in [3.8, 4) is 22.6 Å². The number of alkyl halides is 2. The Bertz CT molecular complexity index is 1310. The van der Waals surface area contributed by atoms with Crippen molar-refractivity contribution < 1.29 is 28.2 Å². The van der Waals surface area contributed by atoms with Crippen LogP contribution in [0, 0.1) is 11.3 Å². The summed E-state index contributed by atoms with van der Waals surface area (Å²) in [5.41, 5.74) is 5.27. The van der Waals surface area contributed by atoms with Crippen LogP contribution in [-0.2, 0) is 11.4 Å². The first kappa shape index (κ1) is 27.2. The molecule has 2 saturated carbocycles. The van der Waals surface area contributed by atoms with Gasteiger partial charge in [-0.05, 0) is 101 Å². The van der Waals surface area contributed by atoms with E-state index in [0.29, 0.717) is 18.4 Å². The van der Waals surface area contributed by atoms with E-state index in [0.717, 1.165) is 60.1 Å². The molecule has 0 saturated heterocycles. The van der Waals surface area contributed by atoms with Gasteiger partial charge in [-0.3, -0.25) is 4.79 Å². The zero-order chi connectivity index (χ0) is 27.6. The molecule has 0 amide bonds. The Morgan fingerprint density at radius 1 is 1.00 bits per heavy atom. The van der Waals surface area contributed by atoms with E-state index in [-0.39, 0.29) is 23.5 Å². The van der Waals surface area contributed by atoms with Gasteiger partial charge in [0.2, 0.25) is 0 Å². The molecule has 0 heterocycles. The average molecular weight is 535 g/mol. The van der Waals surface area contributed by atoms with Crippen LogP contribution in [0.25, 0.3) is 11.1 Å². The number of halogens is 2. The van der Waals surface area contributed by atoms with Crippen molar-refractivity contribution in [2.45, 2.75) is 77.4 Å². The van der Waals surface area contributed by atoms with Gasteiger partial charge in [-0.15, -0.1) is 0 Å². The summed E-state index contributed by atoms with van der Waals surface area (Å²) in [4.78, 5) is 11.4. The lowest BCUT2D eigenvalue weighted by atomic mass is 9.75. The highest BCUT2D eigenvalue weighted by Crippen LogP contribution is 2.51. The Labute approximate surface area is 229 Å². The Morgan fingerprint density at radius 2 is 1.77 bits per heavy atom. The predicted molar refractivity (Wildman–Crippen MR) is 147 cm³/mol. The van der Waals surface area contributed by atoms with Gasteiger partial charge in [0, 0.05) is 0 Å². The van der Waals surface area contributed by atoms with Crippen molar-refractivity contribution in [3.63, 3.8) is 0 Å². The number of aliphatic carboxylic acids is 1.